The van der Waals surface area contributed by atoms with E-state index in [1.165, 1.54) is 25.3 Å². The lowest BCUT2D eigenvalue weighted by Gasteiger charge is -2.28. The number of carbonyl (C=O) groups is 1. The van der Waals surface area contributed by atoms with E-state index >= 15 is 0 Å². The first-order valence-corrected chi connectivity index (χ1v) is 6.30. The van der Waals surface area contributed by atoms with Crippen molar-refractivity contribution >= 4 is 17.3 Å². The highest BCUT2D eigenvalue weighted by molar-refractivity contribution is 5.91. The average molecular weight is 276 g/mol. The molecule has 6 nitrogen and oxygen atoms in total. The van der Waals surface area contributed by atoms with Crippen LogP contribution < -0.4 is 4.90 Å². The topological polar surface area (TPSA) is 72.7 Å². The Labute approximate surface area is 116 Å². The van der Waals surface area contributed by atoms with Crippen LogP contribution >= 0.6 is 0 Å². The third-order valence-electron chi connectivity index (χ3n) is 3.27. The maximum Gasteiger partial charge on any atom is 0.337 e. The number of ether oxygens (including phenoxy) is 1. The number of methoxy groups -OCH3 is 1. The molecule has 1 aliphatic heterocycles. The summed E-state index contributed by atoms with van der Waals surface area (Å²) in [7, 11) is 1.29. The van der Waals surface area contributed by atoms with Gasteiger partial charge in [0.1, 0.15) is 5.69 Å². The zero-order valence-electron chi connectivity index (χ0n) is 11.5. The Morgan fingerprint density at radius 3 is 2.80 bits per heavy atom. The molecule has 0 amide bonds. The lowest BCUT2D eigenvalue weighted by molar-refractivity contribution is -0.384. The Bertz CT molecular complexity index is 581. The van der Waals surface area contributed by atoms with Gasteiger partial charge < -0.3 is 9.64 Å². The number of hydrogen-bond acceptors (Lipinski definition) is 5. The van der Waals surface area contributed by atoms with Crippen molar-refractivity contribution < 1.29 is 14.5 Å². The molecular weight excluding hydrogens is 260 g/mol. The Hall–Kier alpha value is -2.37. The molecule has 0 radical (unpaired) electrons. The summed E-state index contributed by atoms with van der Waals surface area (Å²) in [6.07, 6.45) is 2.96. The number of anilines is 1. The minimum absolute atomic E-state index is 0.00681. The molecule has 0 aromatic heterocycles. The fourth-order valence-electron chi connectivity index (χ4n) is 2.29. The number of carbonyl (C=O) groups excluding carboxylic acids is 1. The number of nitrogens with zero attached hydrogens (tertiary/aromatic N) is 2. The molecule has 0 aliphatic carbocycles. The van der Waals surface area contributed by atoms with Crippen LogP contribution in [0.4, 0.5) is 11.4 Å². The third-order valence-corrected chi connectivity index (χ3v) is 3.27. The molecule has 6 heteroatoms. The van der Waals surface area contributed by atoms with Crippen molar-refractivity contribution in [3.05, 3.63) is 45.5 Å². The van der Waals surface area contributed by atoms with E-state index in [0.29, 0.717) is 24.3 Å². The zero-order chi connectivity index (χ0) is 14.7. The van der Waals surface area contributed by atoms with Gasteiger partial charge in [0, 0.05) is 19.2 Å². The zero-order valence-corrected chi connectivity index (χ0v) is 11.5. The van der Waals surface area contributed by atoms with Gasteiger partial charge in [-0.1, -0.05) is 11.6 Å². The SMILES string of the molecule is COC(=O)c1ccc([N+](=O)[O-])c(N2CCC=C(C)C2)c1. The standard InChI is InChI=1S/C14H16N2O4/c1-10-4-3-7-15(9-10)13-8-11(14(17)20-2)5-6-12(13)16(18)19/h4-6,8H,3,7,9H2,1-2H3. The molecule has 0 unspecified atom stereocenters. The quantitative estimate of drug-likeness (QED) is 0.367. The summed E-state index contributed by atoms with van der Waals surface area (Å²) in [5, 5.41) is 11.1. The summed E-state index contributed by atoms with van der Waals surface area (Å²) < 4.78 is 4.66. The highest BCUT2D eigenvalue weighted by Crippen LogP contribution is 2.31. The van der Waals surface area contributed by atoms with Gasteiger partial charge >= 0.3 is 5.97 Å². The monoisotopic (exact) mass is 276 g/mol. The number of nitro benzene ring substituents is 1. The van der Waals surface area contributed by atoms with Crippen LogP contribution in [0.5, 0.6) is 0 Å². The fourth-order valence-corrected chi connectivity index (χ4v) is 2.29. The van der Waals surface area contributed by atoms with E-state index in [0.717, 1.165) is 12.0 Å². The van der Waals surface area contributed by atoms with Crippen molar-refractivity contribution in [1.29, 1.82) is 0 Å². The molecule has 0 saturated heterocycles. The molecular formula is C14H16N2O4. The Morgan fingerprint density at radius 2 is 2.20 bits per heavy atom. The minimum atomic E-state index is -0.495. The molecule has 0 spiro atoms. The van der Waals surface area contributed by atoms with Gasteiger partial charge in [-0.2, -0.15) is 0 Å². The predicted molar refractivity (Wildman–Crippen MR) is 75.0 cm³/mol. The molecule has 0 bridgehead atoms. The molecule has 0 saturated carbocycles. The minimum Gasteiger partial charge on any atom is -0.465 e. The van der Waals surface area contributed by atoms with Crippen LogP contribution in [0.25, 0.3) is 0 Å². The smallest absolute Gasteiger partial charge is 0.337 e. The van der Waals surface area contributed by atoms with Gasteiger partial charge in [-0.3, -0.25) is 10.1 Å². The highest BCUT2D eigenvalue weighted by atomic mass is 16.6. The van der Waals surface area contributed by atoms with Gasteiger partial charge in [0.2, 0.25) is 0 Å². The number of nitro groups is 1. The second-order valence-electron chi connectivity index (χ2n) is 4.71. The molecule has 1 aromatic carbocycles. The summed E-state index contributed by atoms with van der Waals surface area (Å²) in [5.41, 5.74) is 1.95. The van der Waals surface area contributed by atoms with Gasteiger partial charge in [0.25, 0.3) is 5.69 Å². The van der Waals surface area contributed by atoms with Crippen LogP contribution in [0.3, 0.4) is 0 Å². The lowest BCUT2D eigenvalue weighted by Crippen LogP contribution is -2.29. The Kier molecular flexibility index (Phi) is 4.02. The molecule has 1 aromatic rings. The molecule has 106 valence electrons. The Balaban J connectivity index is 2.44. The Morgan fingerprint density at radius 1 is 1.45 bits per heavy atom. The van der Waals surface area contributed by atoms with Gasteiger partial charge in [-0.15, -0.1) is 0 Å². The highest BCUT2D eigenvalue weighted by Gasteiger charge is 2.23. The molecule has 0 fully saturated rings. The molecule has 1 heterocycles. The van der Waals surface area contributed by atoms with Crippen LogP contribution in [-0.4, -0.2) is 31.1 Å². The van der Waals surface area contributed by atoms with Crippen molar-refractivity contribution in [3.63, 3.8) is 0 Å². The van der Waals surface area contributed by atoms with Gasteiger partial charge in [0.05, 0.1) is 17.6 Å². The number of rotatable bonds is 3. The normalized spacial score (nSPS) is 14.7. The van der Waals surface area contributed by atoms with Crippen LogP contribution in [0.15, 0.2) is 29.8 Å². The van der Waals surface area contributed by atoms with Crippen molar-refractivity contribution in [2.45, 2.75) is 13.3 Å². The van der Waals surface area contributed by atoms with Gasteiger partial charge in [-0.25, -0.2) is 4.79 Å². The van der Waals surface area contributed by atoms with E-state index in [4.69, 9.17) is 0 Å². The van der Waals surface area contributed by atoms with Crippen LogP contribution in [-0.2, 0) is 4.74 Å². The van der Waals surface area contributed by atoms with E-state index in [1.807, 2.05) is 11.8 Å². The fraction of sp³-hybridized carbons (Fsp3) is 0.357. The third kappa shape index (κ3) is 2.79. The summed E-state index contributed by atoms with van der Waals surface area (Å²) in [4.78, 5) is 24.2. The maximum atomic E-state index is 11.6. The number of esters is 1. The van der Waals surface area contributed by atoms with E-state index in [-0.39, 0.29) is 5.69 Å². The first-order chi connectivity index (χ1) is 9.52. The average Bonchev–Trinajstić information content (AvgIpc) is 2.45. The number of hydrogen-bond donors (Lipinski definition) is 0. The lowest BCUT2D eigenvalue weighted by atomic mass is 10.1. The van der Waals surface area contributed by atoms with E-state index < -0.39 is 10.9 Å². The molecule has 1 aliphatic rings. The van der Waals surface area contributed by atoms with Crippen molar-refractivity contribution in [2.75, 3.05) is 25.1 Å². The van der Waals surface area contributed by atoms with Gasteiger partial charge in [0.15, 0.2) is 0 Å². The van der Waals surface area contributed by atoms with E-state index in [2.05, 4.69) is 10.8 Å². The molecule has 0 atom stereocenters. The first kappa shape index (κ1) is 14.0. The first-order valence-electron chi connectivity index (χ1n) is 6.30. The second kappa shape index (κ2) is 5.73. The summed E-state index contributed by atoms with van der Waals surface area (Å²) >= 11 is 0. The van der Waals surface area contributed by atoms with Crippen LogP contribution in [0, 0.1) is 10.1 Å². The predicted octanol–water partition coefficient (Wildman–Crippen LogP) is 2.54. The summed E-state index contributed by atoms with van der Waals surface area (Å²) in [5.74, 6) is -0.495. The second-order valence-corrected chi connectivity index (χ2v) is 4.71. The largest absolute Gasteiger partial charge is 0.465 e. The molecule has 20 heavy (non-hydrogen) atoms. The van der Waals surface area contributed by atoms with Crippen molar-refractivity contribution in [1.82, 2.24) is 0 Å². The molecule has 2 rings (SSSR count). The summed E-state index contributed by atoms with van der Waals surface area (Å²) in [6, 6.07) is 4.30. The van der Waals surface area contributed by atoms with E-state index in [1.54, 1.807) is 0 Å². The maximum absolute atomic E-state index is 11.6. The van der Waals surface area contributed by atoms with Crippen LogP contribution in [0.2, 0.25) is 0 Å². The van der Waals surface area contributed by atoms with Gasteiger partial charge in [-0.05, 0) is 25.5 Å². The van der Waals surface area contributed by atoms with Crippen molar-refractivity contribution in [3.8, 4) is 0 Å². The number of benzene rings is 1. The molecule has 0 N–H and O–H groups in total. The van der Waals surface area contributed by atoms with Crippen molar-refractivity contribution in [2.24, 2.45) is 0 Å². The summed E-state index contributed by atoms with van der Waals surface area (Å²) in [6.45, 7) is 3.32. The van der Waals surface area contributed by atoms with E-state index in [9.17, 15) is 14.9 Å². The van der Waals surface area contributed by atoms with Crippen LogP contribution in [0.1, 0.15) is 23.7 Å².